The topological polar surface area (TPSA) is 37.4 Å². The summed E-state index contributed by atoms with van der Waals surface area (Å²) in [6.45, 7) is 2.41. The van der Waals surface area contributed by atoms with E-state index in [1.807, 2.05) is 21.7 Å². The molecule has 0 radical (unpaired) electrons. The average molecular weight is 265 g/mol. The molecule has 3 nitrogen and oxygen atoms in total. The highest BCUT2D eigenvalue weighted by molar-refractivity contribution is 7.07. The van der Waals surface area contributed by atoms with Crippen LogP contribution in [0.3, 0.4) is 0 Å². The Morgan fingerprint density at radius 3 is 2.94 bits per heavy atom. The Balaban J connectivity index is 1.99. The summed E-state index contributed by atoms with van der Waals surface area (Å²) in [7, 11) is 0. The van der Waals surface area contributed by atoms with Gasteiger partial charge in [-0.3, -0.25) is 9.59 Å². The molecule has 1 unspecified atom stereocenters. The van der Waals surface area contributed by atoms with E-state index in [1.54, 1.807) is 18.3 Å². The molecule has 2 rings (SSSR count). The van der Waals surface area contributed by atoms with Crippen LogP contribution >= 0.6 is 11.3 Å². The number of amides is 1. The number of nitrogens with zero attached hydrogens (tertiary/aromatic N) is 1. The van der Waals surface area contributed by atoms with Crippen molar-refractivity contribution < 1.29 is 9.59 Å². The van der Waals surface area contributed by atoms with E-state index in [-0.39, 0.29) is 17.7 Å². The van der Waals surface area contributed by atoms with Gasteiger partial charge in [0.2, 0.25) is 5.91 Å². The van der Waals surface area contributed by atoms with Gasteiger partial charge < -0.3 is 4.90 Å². The van der Waals surface area contributed by atoms with Crippen LogP contribution < -0.4 is 0 Å². The summed E-state index contributed by atoms with van der Waals surface area (Å²) in [6, 6.07) is 2.12. The van der Waals surface area contributed by atoms with E-state index in [9.17, 15) is 9.59 Å². The van der Waals surface area contributed by atoms with Gasteiger partial charge in [-0.15, -0.1) is 0 Å². The molecule has 0 spiro atoms. The molecule has 98 valence electrons. The van der Waals surface area contributed by atoms with Crippen LogP contribution in [0.5, 0.6) is 0 Å². The van der Waals surface area contributed by atoms with E-state index in [0.717, 1.165) is 31.4 Å². The Morgan fingerprint density at radius 2 is 2.28 bits per heavy atom. The average Bonchev–Trinajstić information content (AvgIpc) is 2.81. The van der Waals surface area contributed by atoms with Crippen LogP contribution in [-0.4, -0.2) is 29.2 Å². The summed E-state index contributed by atoms with van der Waals surface area (Å²) >= 11 is 1.61. The molecule has 1 aromatic heterocycles. The summed E-state index contributed by atoms with van der Waals surface area (Å²) in [5, 5.41) is 4.01. The number of ketones is 1. The first-order valence-corrected chi connectivity index (χ1v) is 7.41. The lowest BCUT2D eigenvalue weighted by molar-refractivity contribution is -0.135. The second-order valence-corrected chi connectivity index (χ2v) is 5.73. The standard InChI is InChI=1S/C14H19NO2S/c1-11(16)8-13-4-2-3-6-15(13)14(17)9-12-5-7-18-10-12/h5,7,10,13H,2-4,6,8-9H2,1H3. The Hall–Kier alpha value is -1.16. The fourth-order valence-electron chi connectivity index (χ4n) is 2.54. The molecule has 1 atom stereocenters. The number of hydrogen-bond acceptors (Lipinski definition) is 3. The van der Waals surface area contributed by atoms with Gasteiger partial charge in [0.25, 0.3) is 0 Å². The second kappa shape index (κ2) is 6.14. The number of rotatable bonds is 4. The molecule has 0 N–H and O–H groups in total. The van der Waals surface area contributed by atoms with Gasteiger partial charge in [-0.05, 0) is 48.6 Å². The Labute approximate surface area is 112 Å². The molecule has 0 bridgehead atoms. The third kappa shape index (κ3) is 3.42. The third-order valence-electron chi connectivity index (χ3n) is 3.41. The van der Waals surface area contributed by atoms with Crippen LogP contribution in [0.25, 0.3) is 0 Å². The highest BCUT2D eigenvalue weighted by atomic mass is 32.1. The molecule has 1 aliphatic rings. The second-order valence-electron chi connectivity index (χ2n) is 4.95. The summed E-state index contributed by atoms with van der Waals surface area (Å²) in [4.78, 5) is 25.5. The van der Waals surface area contributed by atoms with Crippen LogP contribution in [0.15, 0.2) is 16.8 Å². The molecule has 1 aromatic rings. The molecule has 4 heteroatoms. The first kappa shape index (κ1) is 13.3. The van der Waals surface area contributed by atoms with Crippen molar-refractivity contribution in [2.24, 2.45) is 0 Å². The van der Waals surface area contributed by atoms with Crippen molar-refractivity contribution in [3.8, 4) is 0 Å². The maximum atomic E-state index is 12.3. The quantitative estimate of drug-likeness (QED) is 0.839. The highest BCUT2D eigenvalue weighted by Gasteiger charge is 2.27. The van der Waals surface area contributed by atoms with Crippen molar-refractivity contribution in [3.05, 3.63) is 22.4 Å². The van der Waals surface area contributed by atoms with E-state index in [1.165, 1.54) is 0 Å². The van der Waals surface area contributed by atoms with Crippen molar-refractivity contribution in [1.29, 1.82) is 0 Å². The predicted octanol–water partition coefficient (Wildman–Crippen LogP) is 2.65. The van der Waals surface area contributed by atoms with Crippen LogP contribution in [0.4, 0.5) is 0 Å². The van der Waals surface area contributed by atoms with Gasteiger partial charge in [0.1, 0.15) is 5.78 Å². The minimum absolute atomic E-state index is 0.127. The Kier molecular flexibility index (Phi) is 4.53. The lowest BCUT2D eigenvalue weighted by atomic mass is 9.97. The number of hydrogen-bond donors (Lipinski definition) is 0. The number of likely N-dealkylation sites (tertiary alicyclic amines) is 1. The molecule has 18 heavy (non-hydrogen) atoms. The fraction of sp³-hybridized carbons (Fsp3) is 0.571. The van der Waals surface area contributed by atoms with Gasteiger partial charge in [-0.2, -0.15) is 11.3 Å². The molecular weight excluding hydrogens is 246 g/mol. The van der Waals surface area contributed by atoms with Crippen molar-refractivity contribution in [1.82, 2.24) is 4.90 Å². The minimum atomic E-state index is 0.127. The lowest BCUT2D eigenvalue weighted by Crippen LogP contribution is -2.45. The van der Waals surface area contributed by atoms with Crippen LogP contribution in [-0.2, 0) is 16.0 Å². The molecule has 1 fully saturated rings. The predicted molar refractivity (Wildman–Crippen MR) is 72.7 cm³/mol. The summed E-state index contributed by atoms with van der Waals surface area (Å²) in [5.41, 5.74) is 1.08. The van der Waals surface area contributed by atoms with Crippen molar-refractivity contribution in [2.45, 2.75) is 45.1 Å². The monoisotopic (exact) mass is 265 g/mol. The largest absolute Gasteiger partial charge is 0.339 e. The SMILES string of the molecule is CC(=O)CC1CCCCN1C(=O)Cc1ccsc1. The van der Waals surface area contributed by atoms with E-state index in [2.05, 4.69) is 0 Å². The summed E-state index contributed by atoms with van der Waals surface area (Å²) < 4.78 is 0. The fourth-order valence-corrected chi connectivity index (χ4v) is 3.21. The van der Waals surface area contributed by atoms with Crippen LogP contribution in [0.1, 0.15) is 38.2 Å². The Morgan fingerprint density at radius 1 is 1.44 bits per heavy atom. The zero-order valence-electron chi connectivity index (χ0n) is 10.7. The molecule has 0 aromatic carbocycles. The van der Waals surface area contributed by atoms with E-state index >= 15 is 0 Å². The zero-order valence-corrected chi connectivity index (χ0v) is 11.5. The summed E-state index contributed by atoms with van der Waals surface area (Å²) in [6.07, 6.45) is 4.13. The van der Waals surface area contributed by atoms with E-state index in [0.29, 0.717) is 12.8 Å². The van der Waals surface area contributed by atoms with Crippen molar-refractivity contribution in [2.75, 3.05) is 6.54 Å². The maximum Gasteiger partial charge on any atom is 0.227 e. The molecule has 0 saturated carbocycles. The maximum absolute atomic E-state index is 12.3. The number of carbonyl (C=O) groups is 2. The van der Waals surface area contributed by atoms with Gasteiger partial charge >= 0.3 is 0 Å². The first-order valence-electron chi connectivity index (χ1n) is 6.47. The molecule has 1 saturated heterocycles. The molecule has 0 aliphatic carbocycles. The third-order valence-corrected chi connectivity index (χ3v) is 4.14. The van der Waals surface area contributed by atoms with Gasteiger partial charge in [0, 0.05) is 19.0 Å². The van der Waals surface area contributed by atoms with Crippen LogP contribution in [0.2, 0.25) is 0 Å². The lowest BCUT2D eigenvalue weighted by Gasteiger charge is -2.35. The van der Waals surface area contributed by atoms with Gasteiger partial charge in [0.05, 0.1) is 6.42 Å². The van der Waals surface area contributed by atoms with Crippen molar-refractivity contribution >= 4 is 23.0 Å². The van der Waals surface area contributed by atoms with Gasteiger partial charge in [0.15, 0.2) is 0 Å². The highest BCUT2D eigenvalue weighted by Crippen LogP contribution is 2.21. The molecule has 1 amide bonds. The van der Waals surface area contributed by atoms with Gasteiger partial charge in [-0.1, -0.05) is 0 Å². The zero-order chi connectivity index (χ0) is 13.0. The Bertz CT molecular complexity index is 413. The number of carbonyl (C=O) groups excluding carboxylic acids is 2. The number of thiophene rings is 1. The molecule has 1 aliphatic heterocycles. The van der Waals surface area contributed by atoms with E-state index in [4.69, 9.17) is 0 Å². The summed E-state index contributed by atoms with van der Waals surface area (Å²) in [5.74, 6) is 0.342. The van der Waals surface area contributed by atoms with Gasteiger partial charge in [-0.25, -0.2) is 0 Å². The molecular formula is C14H19NO2S. The number of Topliss-reactive ketones (excluding diaryl/α,β-unsaturated/α-hetero) is 1. The van der Waals surface area contributed by atoms with Crippen LogP contribution in [0, 0.1) is 0 Å². The van der Waals surface area contributed by atoms with Crippen molar-refractivity contribution in [3.63, 3.8) is 0 Å². The normalized spacial score (nSPS) is 19.8. The smallest absolute Gasteiger partial charge is 0.227 e. The first-order chi connectivity index (χ1) is 8.66. The minimum Gasteiger partial charge on any atom is -0.339 e. The molecule has 2 heterocycles. The van der Waals surface area contributed by atoms with E-state index < -0.39 is 0 Å². The number of piperidine rings is 1.